The summed E-state index contributed by atoms with van der Waals surface area (Å²) in [4.78, 5) is 32.9. The maximum atomic E-state index is 13.1. The van der Waals surface area contributed by atoms with Crippen LogP contribution in [0.25, 0.3) is 0 Å². The summed E-state index contributed by atoms with van der Waals surface area (Å²) in [7, 11) is 0. The zero-order valence-electron chi connectivity index (χ0n) is 17.8. The highest BCUT2D eigenvalue weighted by Crippen LogP contribution is 2.38. The fourth-order valence-electron chi connectivity index (χ4n) is 4.20. The Hall–Kier alpha value is -4.32. The lowest BCUT2D eigenvalue weighted by Gasteiger charge is -2.28. The number of amides is 1. The van der Waals surface area contributed by atoms with Crippen molar-refractivity contribution in [1.82, 2.24) is 9.97 Å². The van der Waals surface area contributed by atoms with Gasteiger partial charge in [-0.3, -0.25) is 14.6 Å². The highest BCUT2D eigenvalue weighted by atomic mass is 16.6. The van der Waals surface area contributed by atoms with Crippen molar-refractivity contribution in [2.75, 3.05) is 23.8 Å². The third-order valence-electron chi connectivity index (χ3n) is 5.73. The maximum Gasteiger partial charge on any atom is 0.258 e. The number of anilines is 2. The number of fused-ring (bicyclic) bond motifs is 2. The largest absolute Gasteiger partial charge is 0.486 e. The van der Waals surface area contributed by atoms with Crippen LogP contribution in [0.2, 0.25) is 0 Å². The van der Waals surface area contributed by atoms with Crippen LogP contribution in [-0.4, -0.2) is 29.1 Å². The number of hydrogen-bond donors (Lipinski definition) is 3. The molecular weight excluding hydrogens is 422 g/mol. The van der Waals surface area contributed by atoms with Gasteiger partial charge >= 0.3 is 0 Å². The van der Waals surface area contributed by atoms with Crippen LogP contribution in [0.15, 0.2) is 47.3 Å². The molecule has 1 amide bonds. The second kappa shape index (κ2) is 8.31. The van der Waals surface area contributed by atoms with Gasteiger partial charge in [0.25, 0.3) is 5.56 Å². The number of nitrogens with zero attached hydrogens (tertiary/aromatic N) is 2. The number of benzene rings is 2. The third kappa shape index (κ3) is 3.87. The van der Waals surface area contributed by atoms with Crippen LogP contribution in [0.5, 0.6) is 11.5 Å². The van der Waals surface area contributed by atoms with Crippen LogP contribution in [0, 0.1) is 24.2 Å². The monoisotopic (exact) mass is 443 g/mol. The van der Waals surface area contributed by atoms with Gasteiger partial charge in [0.2, 0.25) is 11.9 Å². The average Bonchev–Trinajstić information content (AvgIpc) is 2.81. The van der Waals surface area contributed by atoms with E-state index in [-0.39, 0.29) is 17.3 Å². The van der Waals surface area contributed by atoms with Gasteiger partial charge < -0.3 is 20.1 Å². The summed E-state index contributed by atoms with van der Waals surface area (Å²) < 4.78 is 11.1. The Morgan fingerprint density at radius 2 is 1.97 bits per heavy atom. The van der Waals surface area contributed by atoms with Gasteiger partial charge in [0.1, 0.15) is 24.9 Å². The van der Waals surface area contributed by atoms with Crippen LogP contribution < -0.4 is 25.7 Å². The molecule has 33 heavy (non-hydrogen) atoms. The summed E-state index contributed by atoms with van der Waals surface area (Å²) >= 11 is 0. The summed E-state index contributed by atoms with van der Waals surface area (Å²) in [5.41, 5.74) is 2.47. The van der Waals surface area contributed by atoms with Gasteiger partial charge in [-0.1, -0.05) is 35.9 Å². The van der Waals surface area contributed by atoms with Gasteiger partial charge in [0.15, 0.2) is 11.5 Å². The second-order valence-corrected chi connectivity index (χ2v) is 8.00. The van der Waals surface area contributed by atoms with Gasteiger partial charge in [0, 0.05) is 12.5 Å². The standard InChI is InChI=1S/C24H21N5O4/c1-13-3-2-4-15(9-13)19-16(11-25)22(30)27-21-20(19)23(31)29-24(28-21)26-12-14-5-6-17-18(10-14)33-8-7-32-17/h2-6,9-10,16,19H,7-8,12H2,1H3,(H3,26,27,28,29,30,31). The smallest absolute Gasteiger partial charge is 0.258 e. The normalized spacial score (nSPS) is 18.6. The molecule has 2 aliphatic heterocycles. The number of H-pyrrole nitrogens is 1. The minimum Gasteiger partial charge on any atom is -0.486 e. The van der Waals surface area contributed by atoms with E-state index in [9.17, 15) is 14.9 Å². The van der Waals surface area contributed by atoms with E-state index >= 15 is 0 Å². The number of nitrogens with one attached hydrogen (secondary N) is 3. The van der Waals surface area contributed by atoms with E-state index in [0.29, 0.717) is 31.3 Å². The zero-order valence-corrected chi connectivity index (χ0v) is 17.8. The lowest BCUT2D eigenvalue weighted by Crippen LogP contribution is -2.38. The van der Waals surface area contributed by atoms with Crippen molar-refractivity contribution in [1.29, 1.82) is 5.26 Å². The molecule has 0 spiro atoms. The number of aromatic amines is 1. The van der Waals surface area contributed by atoms with Gasteiger partial charge in [-0.25, -0.2) is 0 Å². The Morgan fingerprint density at radius 1 is 1.15 bits per heavy atom. The van der Waals surface area contributed by atoms with Crippen LogP contribution in [0.3, 0.4) is 0 Å². The van der Waals surface area contributed by atoms with Crippen LogP contribution in [0.4, 0.5) is 11.8 Å². The highest BCUT2D eigenvalue weighted by Gasteiger charge is 2.40. The van der Waals surface area contributed by atoms with E-state index in [1.54, 1.807) is 0 Å². The molecule has 1 aromatic heterocycles. The number of carbonyl (C=O) groups excluding carboxylic acids is 1. The minimum atomic E-state index is -1.03. The number of aryl methyl sites for hydroxylation is 1. The molecule has 9 heteroatoms. The molecule has 9 nitrogen and oxygen atoms in total. The van der Waals surface area contributed by atoms with Crippen molar-refractivity contribution >= 4 is 17.7 Å². The van der Waals surface area contributed by atoms with Crippen molar-refractivity contribution in [2.24, 2.45) is 5.92 Å². The Bertz CT molecular complexity index is 1340. The molecular formula is C24H21N5O4. The molecule has 3 aromatic rings. The summed E-state index contributed by atoms with van der Waals surface area (Å²) in [6.07, 6.45) is 0. The number of hydrogen-bond acceptors (Lipinski definition) is 7. The summed E-state index contributed by atoms with van der Waals surface area (Å²) in [5, 5.41) is 15.4. The van der Waals surface area contributed by atoms with Crippen LogP contribution >= 0.6 is 0 Å². The molecule has 0 saturated carbocycles. The number of ether oxygens (including phenoxy) is 2. The Morgan fingerprint density at radius 3 is 2.76 bits per heavy atom. The predicted octanol–water partition coefficient (Wildman–Crippen LogP) is 2.69. The molecule has 2 unspecified atom stereocenters. The van der Waals surface area contributed by atoms with Gasteiger partial charge in [0.05, 0.1) is 11.6 Å². The number of rotatable bonds is 4. The number of nitriles is 1. The topological polar surface area (TPSA) is 129 Å². The molecule has 0 aliphatic carbocycles. The molecule has 2 aromatic carbocycles. The SMILES string of the molecule is Cc1cccc(C2c3c(nc(NCc4ccc5c(c4)OCCO5)[nH]c3=O)NC(=O)C2C#N)c1. The molecule has 2 atom stereocenters. The molecule has 0 saturated heterocycles. The van der Waals surface area contributed by atoms with E-state index in [2.05, 4.69) is 20.6 Å². The van der Waals surface area contributed by atoms with Crippen molar-refractivity contribution in [3.05, 3.63) is 75.1 Å². The third-order valence-corrected chi connectivity index (χ3v) is 5.73. The molecule has 0 fully saturated rings. The summed E-state index contributed by atoms with van der Waals surface area (Å²) in [6, 6.07) is 15.1. The lowest BCUT2D eigenvalue weighted by atomic mass is 9.79. The van der Waals surface area contributed by atoms with Crippen molar-refractivity contribution < 1.29 is 14.3 Å². The van der Waals surface area contributed by atoms with E-state index in [4.69, 9.17) is 9.47 Å². The van der Waals surface area contributed by atoms with E-state index in [1.165, 1.54) is 0 Å². The molecule has 2 aliphatic rings. The molecule has 166 valence electrons. The molecule has 0 radical (unpaired) electrons. The fourth-order valence-corrected chi connectivity index (χ4v) is 4.20. The van der Waals surface area contributed by atoms with Crippen molar-refractivity contribution in [2.45, 2.75) is 19.4 Å². The number of aromatic nitrogens is 2. The number of carbonyl (C=O) groups is 1. The lowest BCUT2D eigenvalue weighted by molar-refractivity contribution is -0.119. The Labute approximate surface area is 189 Å². The summed E-state index contributed by atoms with van der Waals surface area (Å²) in [5.74, 6) is -0.475. The molecule has 0 bridgehead atoms. The zero-order chi connectivity index (χ0) is 22.9. The first-order valence-electron chi connectivity index (χ1n) is 10.6. The predicted molar refractivity (Wildman–Crippen MR) is 120 cm³/mol. The van der Waals surface area contributed by atoms with E-state index in [1.807, 2.05) is 55.5 Å². The molecule has 5 rings (SSSR count). The van der Waals surface area contributed by atoms with E-state index in [0.717, 1.165) is 16.7 Å². The maximum absolute atomic E-state index is 13.1. The summed E-state index contributed by atoms with van der Waals surface area (Å²) in [6.45, 7) is 3.30. The van der Waals surface area contributed by atoms with Crippen molar-refractivity contribution in [3.8, 4) is 17.6 Å². The molecule has 3 N–H and O–H groups in total. The van der Waals surface area contributed by atoms with Crippen LogP contribution in [0.1, 0.15) is 28.2 Å². The second-order valence-electron chi connectivity index (χ2n) is 8.00. The average molecular weight is 443 g/mol. The first kappa shape index (κ1) is 20.6. The van der Waals surface area contributed by atoms with E-state index < -0.39 is 23.3 Å². The van der Waals surface area contributed by atoms with Gasteiger partial charge in [-0.2, -0.15) is 10.2 Å². The van der Waals surface area contributed by atoms with Gasteiger partial charge in [-0.05, 0) is 30.2 Å². The highest BCUT2D eigenvalue weighted by molar-refractivity contribution is 5.97. The first-order chi connectivity index (χ1) is 16.0. The minimum absolute atomic E-state index is 0.159. The first-order valence-corrected chi connectivity index (χ1v) is 10.6. The Balaban J connectivity index is 1.46. The quantitative estimate of drug-likeness (QED) is 0.565. The van der Waals surface area contributed by atoms with Gasteiger partial charge in [-0.15, -0.1) is 0 Å². The van der Waals surface area contributed by atoms with Crippen LogP contribution in [-0.2, 0) is 11.3 Å². The van der Waals surface area contributed by atoms with Crippen molar-refractivity contribution in [3.63, 3.8) is 0 Å². The fraction of sp³-hybridized carbons (Fsp3) is 0.250. The Kier molecular flexibility index (Phi) is 5.18. The molecule has 3 heterocycles.